The highest BCUT2D eigenvalue weighted by Crippen LogP contribution is 2.32. The van der Waals surface area contributed by atoms with Gasteiger partial charge in [-0.25, -0.2) is 0 Å². The van der Waals surface area contributed by atoms with Crippen molar-refractivity contribution in [3.8, 4) is 11.5 Å². The minimum Gasteiger partial charge on any atom is -0.507 e. The molecule has 1 aliphatic rings. The third-order valence-electron chi connectivity index (χ3n) is 4.37. The van der Waals surface area contributed by atoms with E-state index in [0.717, 1.165) is 22.1 Å². The van der Waals surface area contributed by atoms with Gasteiger partial charge in [0.1, 0.15) is 11.5 Å². The molecule has 2 N–H and O–H groups in total. The van der Waals surface area contributed by atoms with Gasteiger partial charge in [-0.3, -0.25) is 4.79 Å². The van der Waals surface area contributed by atoms with Crippen molar-refractivity contribution in [1.29, 1.82) is 0 Å². The summed E-state index contributed by atoms with van der Waals surface area (Å²) in [5.74, 6) is 0.517. The van der Waals surface area contributed by atoms with E-state index in [4.69, 9.17) is 4.74 Å². The van der Waals surface area contributed by atoms with Crippen LogP contribution in [0.5, 0.6) is 11.5 Å². The maximum atomic E-state index is 12.7. The van der Waals surface area contributed by atoms with Crippen LogP contribution in [0, 0.1) is 0 Å². The van der Waals surface area contributed by atoms with Crippen molar-refractivity contribution >= 4 is 16.7 Å². The Morgan fingerprint density at radius 1 is 1.04 bits per heavy atom. The van der Waals surface area contributed by atoms with Gasteiger partial charge in [-0.15, -0.1) is 0 Å². The Hall–Kier alpha value is -3.01. The van der Waals surface area contributed by atoms with Crippen LogP contribution in [-0.2, 0) is 0 Å². The first-order valence-corrected chi connectivity index (χ1v) is 7.97. The van der Waals surface area contributed by atoms with Crippen LogP contribution >= 0.6 is 0 Å². The van der Waals surface area contributed by atoms with E-state index in [1.54, 1.807) is 12.1 Å². The van der Waals surface area contributed by atoms with Crippen molar-refractivity contribution < 1.29 is 14.6 Å². The van der Waals surface area contributed by atoms with E-state index in [9.17, 15) is 9.90 Å². The van der Waals surface area contributed by atoms with Gasteiger partial charge >= 0.3 is 0 Å². The molecule has 3 aromatic rings. The van der Waals surface area contributed by atoms with Crippen LogP contribution in [0.2, 0.25) is 0 Å². The third kappa shape index (κ3) is 2.56. The minimum absolute atomic E-state index is 0.00783. The first-order chi connectivity index (χ1) is 11.7. The number of benzene rings is 3. The molecule has 1 amide bonds. The molecule has 4 nitrogen and oxygen atoms in total. The maximum Gasteiger partial charge on any atom is 0.255 e. The second kappa shape index (κ2) is 5.89. The van der Waals surface area contributed by atoms with E-state index in [1.807, 2.05) is 48.5 Å². The van der Waals surface area contributed by atoms with Gasteiger partial charge in [0, 0.05) is 12.0 Å². The summed E-state index contributed by atoms with van der Waals surface area (Å²) in [5.41, 5.74) is 1.26. The molecule has 0 bridgehead atoms. The van der Waals surface area contributed by atoms with Crippen LogP contribution in [-0.4, -0.2) is 17.6 Å². The van der Waals surface area contributed by atoms with Crippen molar-refractivity contribution in [3.05, 3.63) is 71.8 Å². The molecule has 0 aliphatic carbocycles. The number of carbonyl (C=O) groups is 1. The first kappa shape index (κ1) is 14.6. The number of carbonyl (C=O) groups excluding carboxylic acids is 1. The van der Waals surface area contributed by atoms with Crippen LogP contribution in [0.1, 0.15) is 28.4 Å². The van der Waals surface area contributed by atoms with Gasteiger partial charge in [-0.05, 0) is 29.0 Å². The summed E-state index contributed by atoms with van der Waals surface area (Å²) in [6, 6.07) is 18.6. The highest BCUT2D eigenvalue weighted by Gasteiger charge is 2.24. The number of rotatable bonds is 2. The lowest BCUT2D eigenvalue weighted by Gasteiger charge is -2.26. The van der Waals surface area contributed by atoms with Gasteiger partial charge < -0.3 is 15.2 Å². The number of phenols is 1. The summed E-state index contributed by atoms with van der Waals surface area (Å²) >= 11 is 0. The fourth-order valence-electron chi connectivity index (χ4n) is 3.14. The fourth-order valence-corrected chi connectivity index (χ4v) is 3.14. The maximum absolute atomic E-state index is 12.7. The van der Waals surface area contributed by atoms with E-state index in [1.165, 1.54) is 0 Å². The van der Waals surface area contributed by atoms with Gasteiger partial charge in [0.05, 0.1) is 18.2 Å². The highest BCUT2D eigenvalue weighted by atomic mass is 16.5. The van der Waals surface area contributed by atoms with E-state index in [-0.39, 0.29) is 23.3 Å². The Labute approximate surface area is 139 Å². The monoisotopic (exact) mass is 319 g/mol. The summed E-state index contributed by atoms with van der Waals surface area (Å²) in [4.78, 5) is 12.7. The molecular formula is C20H17NO3. The molecule has 1 aliphatic heterocycles. The number of hydrogen-bond acceptors (Lipinski definition) is 3. The number of ether oxygens (including phenoxy) is 1. The normalized spacial score (nSPS) is 16.2. The zero-order valence-electron chi connectivity index (χ0n) is 13.0. The molecule has 1 atom stereocenters. The lowest BCUT2D eigenvalue weighted by atomic mass is 9.99. The number of hydrogen-bond donors (Lipinski definition) is 2. The van der Waals surface area contributed by atoms with Crippen LogP contribution < -0.4 is 10.1 Å². The molecular weight excluding hydrogens is 302 g/mol. The molecule has 0 saturated carbocycles. The Morgan fingerprint density at radius 3 is 2.58 bits per heavy atom. The lowest BCUT2D eigenvalue weighted by Crippen LogP contribution is -2.32. The number of nitrogens with one attached hydrogen (secondary N) is 1. The molecule has 0 saturated heterocycles. The van der Waals surface area contributed by atoms with E-state index in [2.05, 4.69) is 5.32 Å². The Kier molecular flexibility index (Phi) is 3.58. The number of amides is 1. The third-order valence-corrected chi connectivity index (χ3v) is 4.37. The number of para-hydroxylation sites is 1. The van der Waals surface area contributed by atoms with E-state index >= 15 is 0 Å². The molecule has 3 aromatic carbocycles. The first-order valence-electron chi connectivity index (χ1n) is 7.97. The van der Waals surface area contributed by atoms with Crippen LogP contribution in [0.15, 0.2) is 60.7 Å². The van der Waals surface area contributed by atoms with E-state index < -0.39 is 0 Å². The van der Waals surface area contributed by atoms with Crippen LogP contribution in [0.3, 0.4) is 0 Å². The molecule has 0 aromatic heterocycles. The van der Waals surface area contributed by atoms with Crippen molar-refractivity contribution in [1.82, 2.24) is 5.32 Å². The van der Waals surface area contributed by atoms with Gasteiger partial charge in [0.25, 0.3) is 5.91 Å². The van der Waals surface area contributed by atoms with E-state index in [0.29, 0.717) is 13.0 Å². The smallest absolute Gasteiger partial charge is 0.255 e. The summed E-state index contributed by atoms with van der Waals surface area (Å²) in [6.45, 7) is 0.561. The number of aromatic hydroxyl groups is 1. The molecule has 120 valence electrons. The van der Waals surface area contributed by atoms with Crippen molar-refractivity contribution in [2.75, 3.05) is 6.61 Å². The molecule has 24 heavy (non-hydrogen) atoms. The van der Waals surface area contributed by atoms with Gasteiger partial charge in [0.2, 0.25) is 0 Å². The molecule has 1 heterocycles. The zero-order chi connectivity index (χ0) is 16.5. The van der Waals surface area contributed by atoms with Crippen LogP contribution in [0.25, 0.3) is 10.8 Å². The summed E-state index contributed by atoms with van der Waals surface area (Å²) in [5, 5.41) is 15.1. The fraction of sp³-hybridized carbons (Fsp3) is 0.150. The van der Waals surface area contributed by atoms with Crippen LogP contribution in [0.4, 0.5) is 0 Å². The average molecular weight is 319 g/mol. The number of phenolic OH excluding ortho intramolecular Hbond substituents is 1. The standard InChI is InChI=1S/C20H17NO3/c22-18-12-14-6-2-1-5-13(14)11-16(18)20(23)21-17-9-10-24-19-8-4-3-7-15(17)19/h1-8,11-12,17,22H,9-10H2,(H,21,23)/t17-/m0/s1. The van der Waals surface area contributed by atoms with Crippen molar-refractivity contribution in [3.63, 3.8) is 0 Å². The minimum atomic E-state index is -0.278. The second-order valence-corrected chi connectivity index (χ2v) is 5.92. The zero-order valence-corrected chi connectivity index (χ0v) is 13.0. The predicted octanol–water partition coefficient (Wildman–Crippen LogP) is 3.80. The summed E-state index contributed by atoms with van der Waals surface area (Å²) in [6.07, 6.45) is 0.705. The van der Waals surface area contributed by atoms with Crippen molar-refractivity contribution in [2.45, 2.75) is 12.5 Å². The molecule has 0 spiro atoms. The van der Waals surface area contributed by atoms with Gasteiger partial charge in [0.15, 0.2) is 0 Å². The highest BCUT2D eigenvalue weighted by molar-refractivity contribution is 6.01. The topological polar surface area (TPSA) is 58.6 Å². The molecule has 0 fully saturated rings. The lowest BCUT2D eigenvalue weighted by molar-refractivity contribution is 0.0922. The molecule has 0 unspecified atom stereocenters. The van der Waals surface area contributed by atoms with Gasteiger partial charge in [-0.2, -0.15) is 0 Å². The SMILES string of the molecule is O=C(N[C@H]1CCOc2ccccc21)c1cc2ccccc2cc1O. The Morgan fingerprint density at radius 2 is 1.75 bits per heavy atom. The average Bonchev–Trinajstić information content (AvgIpc) is 2.61. The summed E-state index contributed by atoms with van der Waals surface area (Å²) in [7, 11) is 0. The number of fused-ring (bicyclic) bond motifs is 2. The molecule has 4 heteroatoms. The molecule has 0 radical (unpaired) electrons. The molecule has 4 rings (SSSR count). The Bertz CT molecular complexity index is 920. The van der Waals surface area contributed by atoms with Gasteiger partial charge in [-0.1, -0.05) is 42.5 Å². The van der Waals surface area contributed by atoms with Crippen molar-refractivity contribution in [2.24, 2.45) is 0 Å². The Balaban J connectivity index is 1.65. The summed E-state index contributed by atoms with van der Waals surface area (Å²) < 4.78 is 5.62. The second-order valence-electron chi connectivity index (χ2n) is 5.92. The quantitative estimate of drug-likeness (QED) is 0.755. The largest absolute Gasteiger partial charge is 0.507 e. The predicted molar refractivity (Wildman–Crippen MR) is 92.4 cm³/mol.